The van der Waals surface area contributed by atoms with E-state index in [9.17, 15) is 0 Å². The summed E-state index contributed by atoms with van der Waals surface area (Å²) in [6.07, 6.45) is 5.54. The van der Waals surface area contributed by atoms with Gasteiger partial charge in [0.25, 0.3) is 0 Å². The van der Waals surface area contributed by atoms with E-state index in [4.69, 9.17) is 0 Å². The molecule has 0 amide bonds. The van der Waals surface area contributed by atoms with Crippen LogP contribution in [-0.2, 0) is 13.0 Å². The molecule has 1 saturated carbocycles. The van der Waals surface area contributed by atoms with Crippen LogP contribution >= 0.6 is 11.3 Å². The third-order valence-corrected chi connectivity index (χ3v) is 3.71. The first-order valence-corrected chi connectivity index (χ1v) is 7.12. The molecule has 1 aliphatic rings. The van der Waals surface area contributed by atoms with Gasteiger partial charge in [0.15, 0.2) is 5.96 Å². The molecule has 1 aliphatic carbocycles. The highest BCUT2D eigenvalue weighted by Crippen LogP contribution is 2.18. The number of thiazole rings is 1. The predicted octanol–water partition coefficient (Wildman–Crippen LogP) is 1.92. The van der Waals surface area contributed by atoms with Crippen LogP contribution < -0.4 is 10.6 Å². The lowest BCUT2D eigenvalue weighted by Crippen LogP contribution is -2.38. The Labute approximate surface area is 107 Å². The topological polar surface area (TPSA) is 49.3 Å². The summed E-state index contributed by atoms with van der Waals surface area (Å²) in [5.41, 5.74) is 0. The van der Waals surface area contributed by atoms with Crippen molar-refractivity contribution in [3.8, 4) is 0 Å². The fourth-order valence-corrected chi connectivity index (χ4v) is 2.26. The Kier molecular flexibility index (Phi) is 4.36. The molecule has 2 rings (SSSR count). The summed E-state index contributed by atoms with van der Waals surface area (Å²) in [7, 11) is 0. The van der Waals surface area contributed by atoms with Gasteiger partial charge in [0, 0.05) is 23.7 Å². The van der Waals surface area contributed by atoms with Crippen molar-refractivity contribution in [2.45, 2.75) is 45.7 Å². The van der Waals surface area contributed by atoms with Crippen LogP contribution in [0.1, 0.15) is 36.6 Å². The first-order valence-electron chi connectivity index (χ1n) is 6.30. The summed E-state index contributed by atoms with van der Waals surface area (Å²) in [5.74, 6) is 0.920. The number of hydrogen-bond donors (Lipinski definition) is 2. The second kappa shape index (κ2) is 6.00. The van der Waals surface area contributed by atoms with E-state index in [1.165, 1.54) is 17.7 Å². The van der Waals surface area contributed by atoms with E-state index in [0.717, 1.165) is 23.9 Å². The number of guanidine groups is 1. The molecule has 0 aliphatic heterocycles. The maximum Gasteiger partial charge on any atom is 0.191 e. The van der Waals surface area contributed by atoms with Gasteiger partial charge < -0.3 is 10.6 Å². The van der Waals surface area contributed by atoms with Crippen molar-refractivity contribution in [1.82, 2.24) is 15.6 Å². The molecule has 1 aromatic rings. The molecule has 94 valence electrons. The van der Waals surface area contributed by atoms with Crippen LogP contribution in [0.5, 0.6) is 0 Å². The van der Waals surface area contributed by atoms with E-state index in [0.29, 0.717) is 12.6 Å². The summed E-state index contributed by atoms with van der Waals surface area (Å²) >= 11 is 1.75. The quantitative estimate of drug-likeness (QED) is 0.622. The highest BCUT2D eigenvalue weighted by atomic mass is 32.1. The number of rotatable bonds is 5. The maximum atomic E-state index is 4.55. The zero-order valence-corrected chi connectivity index (χ0v) is 11.3. The SMILES string of the molecule is CCNC(=NCc1ncc(CC)s1)NC1CC1. The lowest BCUT2D eigenvalue weighted by molar-refractivity contribution is 0.811. The molecule has 0 aromatic carbocycles. The molecule has 0 bridgehead atoms. The van der Waals surface area contributed by atoms with Gasteiger partial charge in [-0.1, -0.05) is 6.92 Å². The lowest BCUT2D eigenvalue weighted by Gasteiger charge is -2.09. The molecule has 2 N–H and O–H groups in total. The molecule has 5 heteroatoms. The Morgan fingerprint density at radius 2 is 2.35 bits per heavy atom. The van der Waals surface area contributed by atoms with E-state index < -0.39 is 0 Å². The number of aryl methyl sites for hydroxylation is 1. The molecule has 0 spiro atoms. The molecule has 0 saturated heterocycles. The minimum atomic E-state index is 0.635. The van der Waals surface area contributed by atoms with Gasteiger partial charge >= 0.3 is 0 Å². The summed E-state index contributed by atoms with van der Waals surface area (Å²) < 4.78 is 0. The molecule has 0 radical (unpaired) electrons. The fourth-order valence-electron chi connectivity index (χ4n) is 1.47. The van der Waals surface area contributed by atoms with E-state index in [1.807, 2.05) is 6.20 Å². The molecular formula is C12H20N4S. The van der Waals surface area contributed by atoms with Crippen molar-refractivity contribution >= 4 is 17.3 Å². The second-order valence-corrected chi connectivity index (χ2v) is 5.39. The zero-order valence-electron chi connectivity index (χ0n) is 10.5. The molecule has 0 unspecified atom stereocenters. The second-order valence-electron chi connectivity index (χ2n) is 4.19. The molecule has 4 nitrogen and oxygen atoms in total. The highest BCUT2D eigenvalue weighted by molar-refractivity contribution is 7.11. The van der Waals surface area contributed by atoms with E-state index in [2.05, 4.69) is 34.5 Å². The van der Waals surface area contributed by atoms with Gasteiger partial charge in [0.2, 0.25) is 0 Å². The molecule has 1 aromatic heterocycles. The number of nitrogens with zero attached hydrogens (tertiary/aromatic N) is 2. The predicted molar refractivity (Wildman–Crippen MR) is 72.5 cm³/mol. The van der Waals surface area contributed by atoms with Crippen molar-refractivity contribution in [3.05, 3.63) is 16.1 Å². The smallest absolute Gasteiger partial charge is 0.191 e. The monoisotopic (exact) mass is 252 g/mol. The minimum Gasteiger partial charge on any atom is -0.357 e. The fraction of sp³-hybridized carbons (Fsp3) is 0.667. The van der Waals surface area contributed by atoms with Gasteiger partial charge in [0.05, 0.1) is 6.54 Å². The number of hydrogen-bond acceptors (Lipinski definition) is 3. The summed E-state index contributed by atoms with van der Waals surface area (Å²) in [5, 5.41) is 7.75. The van der Waals surface area contributed by atoms with Gasteiger partial charge in [-0.05, 0) is 26.2 Å². The van der Waals surface area contributed by atoms with Gasteiger partial charge in [-0.3, -0.25) is 0 Å². The Morgan fingerprint density at radius 1 is 1.53 bits per heavy atom. The molecule has 1 heterocycles. The average Bonchev–Trinajstić information content (AvgIpc) is 3.03. The average molecular weight is 252 g/mol. The number of aromatic nitrogens is 1. The Bertz CT molecular complexity index is 382. The molecule has 17 heavy (non-hydrogen) atoms. The first-order chi connectivity index (χ1) is 8.31. The van der Waals surface area contributed by atoms with Crippen LogP contribution in [0.15, 0.2) is 11.2 Å². The molecule has 1 fully saturated rings. The van der Waals surface area contributed by atoms with Crippen molar-refractivity contribution in [1.29, 1.82) is 0 Å². The number of aliphatic imine (C=N–C) groups is 1. The third-order valence-electron chi connectivity index (χ3n) is 2.58. The maximum absolute atomic E-state index is 4.55. The van der Waals surface area contributed by atoms with Crippen LogP contribution in [0.3, 0.4) is 0 Å². The lowest BCUT2D eigenvalue weighted by atomic mass is 10.4. The third kappa shape index (κ3) is 4.00. The normalized spacial score (nSPS) is 16.0. The summed E-state index contributed by atoms with van der Waals surface area (Å²) in [4.78, 5) is 10.3. The zero-order chi connectivity index (χ0) is 12.1. The van der Waals surface area contributed by atoms with Gasteiger partial charge in [-0.25, -0.2) is 9.98 Å². The summed E-state index contributed by atoms with van der Waals surface area (Å²) in [6, 6.07) is 0.635. The van der Waals surface area contributed by atoms with E-state index in [1.54, 1.807) is 11.3 Å². The Morgan fingerprint density at radius 3 is 2.94 bits per heavy atom. The van der Waals surface area contributed by atoms with Gasteiger partial charge in [0.1, 0.15) is 5.01 Å². The van der Waals surface area contributed by atoms with Crippen LogP contribution in [0.4, 0.5) is 0 Å². The number of nitrogens with one attached hydrogen (secondary N) is 2. The first kappa shape index (κ1) is 12.4. The van der Waals surface area contributed by atoms with Crippen molar-refractivity contribution in [2.75, 3.05) is 6.54 Å². The highest BCUT2D eigenvalue weighted by Gasteiger charge is 2.22. The molecule has 0 atom stereocenters. The largest absolute Gasteiger partial charge is 0.357 e. The van der Waals surface area contributed by atoms with Crippen molar-refractivity contribution in [2.24, 2.45) is 4.99 Å². The minimum absolute atomic E-state index is 0.635. The van der Waals surface area contributed by atoms with Gasteiger partial charge in [-0.2, -0.15) is 0 Å². The van der Waals surface area contributed by atoms with Crippen LogP contribution in [0, 0.1) is 0 Å². The Balaban J connectivity index is 1.90. The molecular weight excluding hydrogens is 232 g/mol. The van der Waals surface area contributed by atoms with E-state index >= 15 is 0 Å². The standard InChI is InChI=1S/C12H20N4S/c1-3-10-7-14-11(17-10)8-15-12(13-4-2)16-9-5-6-9/h7,9H,3-6,8H2,1-2H3,(H2,13,15,16). The summed E-state index contributed by atoms with van der Waals surface area (Å²) in [6.45, 7) is 5.81. The van der Waals surface area contributed by atoms with Crippen LogP contribution in [-0.4, -0.2) is 23.5 Å². The Hall–Kier alpha value is -1.10. The van der Waals surface area contributed by atoms with Crippen LogP contribution in [0.2, 0.25) is 0 Å². The van der Waals surface area contributed by atoms with Crippen LogP contribution in [0.25, 0.3) is 0 Å². The van der Waals surface area contributed by atoms with Crippen molar-refractivity contribution < 1.29 is 0 Å². The van der Waals surface area contributed by atoms with Crippen molar-refractivity contribution in [3.63, 3.8) is 0 Å². The van der Waals surface area contributed by atoms with Gasteiger partial charge in [-0.15, -0.1) is 11.3 Å². The van der Waals surface area contributed by atoms with E-state index in [-0.39, 0.29) is 0 Å².